The molecule has 0 radical (unpaired) electrons. The van der Waals surface area contributed by atoms with Crippen LogP contribution >= 0.6 is 0 Å². The Kier molecular flexibility index (Phi) is 6.54. The summed E-state index contributed by atoms with van der Waals surface area (Å²) in [4.78, 5) is 10.9. The van der Waals surface area contributed by atoms with Crippen molar-refractivity contribution < 1.29 is 71.0 Å². The maximum atomic E-state index is 13.0. The number of halogens is 14. The fourth-order valence-electron chi connectivity index (χ4n) is 1.22. The second kappa shape index (κ2) is 7.00. The summed E-state index contributed by atoms with van der Waals surface area (Å²) in [6.45, 7) is -0.227. The van der Waals surface area contributed by atoms with E-state index in [1.807, 2.05) is 6.58 Å². The lowest BCUT2D eigenvalue weighted by atomic mass is 10.0. The summed E-state index contributed by atoms with van der Waals surface area (Å²) in [6, 6.07) is 0. The van der Waals surface area contributed by atoms with Gasteiger partial charge in [0, 0.05) is 0 Å². The topological polar surface area (TPSA) is 26.3 Å². The van der Waals surface area contributed by atoms with Gasteiger partial charge in [-0.25, -0.2) is 4.79 Å². The molecule has 0 amide bonds. The van der Waals surface area contributed by atoms with E-state index in [2.05, 4.69) is 4.74 Å². The van der Waals surface area contributed by atoms with Gasteiger partial charge in [0.1, 0.15) is 5.57 Å². The first-order chi connectivity index (χ1) is 11.5. The van der Waals surface area contributed by atoms with Gasteiger partial charge in [-0.15, -0.1) is 0 Å². The van der Waals surface area contributed by atoms with Gasteiger partial charge < -0.3 is 4.74 Å². The molecule has 0 heterocycles. The molecule has 0 aliphatic rings. The lowest BCUT2D eigenvalue weighted by molar-refractivity contribution is -0.397. The zero-order valence-corrected chi connectivity index (χ0v) is 12.2. The SMILES string of the molecule is C=C(C(=O)OCCC(F)(F)C(F)(F)C(F)(F)C(F)(F)F)C(F)(F)C(F)(F)F. The normalized spacial score (nSPS) is 14.9. The fraction of sp³-hybridized carbons (Fsp3) is 0.727. The smallest absolute Gasteiger partial charge is 0.460 e. The van der Waals surface area contributed by atoms with E-state index in [0.29, 0.717) is 0 Å². The number of rotatable bonds is 7. The van der Waals surface area contributed by atoms with Crippen LogP contribution in [0.25, 0.3) is 0 Å². The lowest BCUT2D eigenvalue weighted by Crippen LogP contribution is -2.61. The Balaban J connectivity index is 5.18. The largest absolute Gasteiger partial charge is 0.462 e. The summed E-state index contributed by atoms with van der Waals surface area (Å²) in [5.41, 5.74) is -2.66. The quantitative estimate of drug-likeness (QED) is 0.314. The minimum atomic E-state index is -7.24. The first kappa shape index (κ1) is 25.2. The van der Waals surface area contributed by atoms with E-state index in [1.165, 1.54) is 0 Å². The first-order valence-electron chi connectivity index (χ1n) is 6.05. The van der Waals surface area contributed by atoms with Gasteiger partial charge in [-0.2, -0.15) is 61.5 Å². The summed E-state index contributed by atoms with van der Waals surface area (Å²) in [7, 11) is 0. The molecule has 0 aromatic rings. The van der Waals surface area contributed by atoms with Crippen LogP contribution in [0.5, 0.6) is 0 Å². The second-order valence-corrected chi connectivity index (χ2v) is 4.79. The summed E-state index contributed by atoms with van der Waals surface area (Å²) in [6.07, 6.45) is -16.3. The zero-order chi connectivity index (χ0) is 22.3. The third-order valence-corrected chi connectivity index (χ3v) is 2.84. The number of carbonyl (C=O) groups excluding carboxylic acids is 1. The molecule has 0 unspecified atom stereocenters. The van der Waals surface area contributed by atoms with E-state index >= 15 is 0 Å². The van der Waals surface area contributed by atoms with Crippen molar-refractivity contribution in [3.8, 4) is 0 Å². The van der Waals surface area contributed by atoms with E-state index in [9.17, 15) is 66.3 Å². The molecule has 0 aromatic heterocycles. The van der Waals surface area contributed by atoms with Crippen LogP contribution in [0.2, 0.25) is 0 Å². The van der Waals surface area contributed by atoms with Crippen LogP contribution in [0.3, 0.4) is 0 Å². The third-order valence-electron chi connectivity index (χ3n) is 2.84. The van der Waals surface area contributed by atoms with Gasteiger partial charge in [-0.05, 0) is 0 Å². The number of ether oxygens (including phenoxy) is 1. The zero-order valence-electron chi connectivity index (χ0n) is 12.2. The van der Waals surface area contributed by atoms with Crippen molar-refractivity contribution in [2.75, 3.05) is 6.61 Å². The van der Waals surface area contributed by atoms with Crippen molar-refractivity contribution >= 4 is 5.97 Å². The highest BCUT2D eigenvalue weighted by atomic mass is 19.4. The highest BCUT2D eigenvalue weighted by molar-refractivity contribution is 5.89. The van der Waals surface area contributed by atoms with E-state index < -0.39 is 60.6 Å². The van der Waals surface area contributed by atoms with Crippen LogP contribution in [0.15, 0.2) is 12.2 Å². The average Bonchev–Trinajstić information content (AvgIpc) is 2.43. The molecule has 0 atom stereocenters. The molecule has 0 spiro atoms. The van der Waals surface area contributed by atoms with Gasteiger partial charge in [0.15, 0.2) is 0 Å². The molecular weight excluding hydrogens is 430 g/mol. The Hall–Kier alpha value is -1.77. The van der Waals surface area contributed by atoms with Crippen molar-refractivity contribution in [1.29, 1.82) is 0 Å². The predicted molar refractivity (Wildman–Crippen MR) is 56.6 cm³/mol. The predicted octanol–water partition coefficient (Wildman–Crippen LogP) is 5.14. The minimum absolute atomic E-state index is 1.98. The summed E-state index contributed by atoms with van der Waals surface area (Å²) < 4.78 is 177. The van der Waals surface area contributed by atoms with Crippen molar-refractivity contribution in [1.82, 2.24) is 0 Å². The Labute approximate surface area is 139 Å². The highest BCUT2D eigenvalue weighted by Crippen LogP contribution is 2.54. The first-order valence-corrected chi connectivity index (χ1v) is 6.05. The number of alkyl halides is 14. The van der Waals surface area contributed by atoms with Gasteiger partial charge in [-0.3, -0.25) is 0 Å². The minimum Gasteiger partial charge on any atom is -0.462 e. The van der Waals surface area contributed by atoms with Crippen LogP contribution < -0.4 is 0 Å². The average molecular weight is 436 g/mol. The van der Waals surface area contributed by atoms with Crippen LogP contribution in [-0.2, 0) is 9.53 Å². The molecule has 0 aliphatic heterocycles. The monoisotopic (exact) mass is 436 g/mol. The van der Waals surface area contributed by atoms with Crippen LogP contribution in [0.1, 0.15) is 6.42 Å². The molecule has 0 aromatic carbocycles. The number of carbonyl (C=O) groups is 1. The molecule has 0 aliphatic carbocycles. The lowest BCUT2D eigenvalue weighted by Gasteiger charge is -2.33. The molecule has 0 rings (SSSR count). The molecule has 0 saturated heterocycles. The molecule has 2 nitrogen and oxygen atoms in total. The third kappa shape index (κ3) is 4.56. The number of hydrogen-bond acceptors (Lipinski definition) is 2. The standard InChI is InChI=1S/C11H6F14O2/c1-4(7(14,15)10(20,21)22)5(26)27-3-2-6(12,13)8(16,17)9(18,19)11(23,24)25/h1-3H2. The Bertz CT molecular complexity index is 571. The van der Waals surface area contributed by atoms with Crippen molar-refractivity contribution in [3.63, 3.8) is 0 Å². The molecule has 0 N–H and O–H groups in total. The molecule has 27 heavy (non-hydrogen) atoms. The van der Waals surface area contributed by atoms with Crippen molar-refractivity contribution in [2.45, 2.75) is 42.5 Å². The van der Waals surface area contributed by atoms with Crippen LogP contribution in [0, 0.1) is 0 Å². The van der Waals surface area contributed by atoms with Gasteiger partial charge in [-0.1, -0.05) is 6.58 Å². The maximum Gasteiger partial charge on any atom is 0.460 e. The van der Waals surface area contributed by atoms with Crippen LogP contribution in [0.4, 0.5) is 61.5 Å². The Morgan fingerprint density at radius 3 is 1.44 bits per heavy atom. The highest BCUT2D eigenvalue weighted by Gasteiger charge is 2.81. The number of esters is 1. The number of hydrogen-bond donors (Lipinski definition) is 0. The molecule has 16 heteroatoms. The Morgan fingerprint density at radius 2 is 1.11 bits per heavy atom. The van der Waals surface area contributed by atoms with Gasteiger partial charge in [0.2, 0.25) is 0 Å². The van der Waals surface area contributed by atoms with E-state index in [1.54, 1.807) is 0 Å². The molecular formula is C11H6F14O2. The van der Waals surface area contributed by atoms with Gasteiger partial charge >= 0.3 is 42.0 Å². The Morgan fingerprint density at radius 1 is 0.704 bits per heavy atom. The molecule has 0 fully saturated rings. The van der Waals surface area contributed by atoms with Crippen molar-refractivity contribution in [2.24, 2.45) is 0 Å². The van der Waals surface area contributed by atoms with Crippen LogP contribution in [-0.4, -0.2) is 48.6 Å². The van der Waals surface area contributed by atoms with Crippen molar-refractivity contribution in [3.05, 3.63) is 12.2 Å². The molecule has 160 valence electrons. The summed E-state index contributed by atoms with van der Waals surface area (Å²) in [5, 5.41) is 0. The summed E-state index contributed by atoms with van der Waals surface area (Å²) >= 11 is 0. The maximum absolute atomic E-state index is 13.0. The van der Waals surface area contributed by atoms with Gasteiger partial charge in [0.25, 0.3) is 0 Å². The van der Waals surface area contributed by atoms with E-state index in [4.69, 9.17) is 0 Å². The fourth-order valence-corrected chi connectivity index (χ4v) is 1.22. The molecule has 0 bridgehead atoms. The summed E-state index contributed by atoms with van der Waals surface area (Å²) in [5.74, 6) is -29.1. The molecule has 0 saturated carbocycles. The van der Waals surface area contributed by atoms with Gasteiger partial charge in [0.05, 0.1) is 13.0 Å². The van der Waals surface area contributed by atoms with E-state index in [0.717, 1.165) is 0 Å². The second-order valence-electron chi connectivity index (χ2n) is 4.79. The van der Waals surface area contributed by atoms with E-state index in [-0.39, 0.29) is 0 Å².